The van der Waals surface area contributed by atoms with Gasteiger partial charge in [-0.2, -0.15) is 0 Å². The van der Waals surface area contributed by atoms with E-state index in [0.717, 1.165) is 5.56 Å². The van der Waals surface area contributed by atoms with Crippen molar-refractivity contribution in [1.29, 1.82) is 0 Å². The Labute approximate surface area is 197 Å². The Balaban J connectivity index is 1.53. The van der Waals surface area contributed by atoms with Gasteiger partial charge in [-0.05, 0) is 87.9 Å². The molecule has 0 fully saturated rings. The summed E-state index contributed by atoms with van der Waals surface area (Å²) in [6.45, 7) is 14.0. The lowest BCUT2D eigenvalue weighted by molar-refractivity contribution is 0.102. The molecule has 4 rings (SSSR count). The molecule has 1 atom stereocenters. The molecule has 0 radical (unpaired) electrons. The highest BCUT2D eigenvalue weighted by atomic mass is 16.3. The van der Waals surface area contributed by atoms with E-state index >= 15 is 0 Å². The fourth-order valence-corrected chi connectivity index (χ4v) is 5.02. The zero-order chi connectivity index (χ0) is 24.0. The molecule has 1 aliphatic carbocycles. The van der Waals surface area contributed by atoms with E-state index < -0.39 is 0 Å². The molecule has 3 nitrogen and oxygen atoms in total. The van der Waals surface area contributed by atoms with E-state index in [1.54, 1.807) is 24.3 Å². The van der Waals surface area contributed by atoms with Gasteiger partial charge in [0.05, 0.1) is 0 Å². The molecule has 3 aromatic rings. The van der Waals surface area contributed by atoms with Gasteiger partial charge < -0.3 is 10.4 Å². The van der Waals surface area contributed by atoms with E-state index in [1.165, 1.54) is 22.3 Å². The Morgan fingerprint density at radius 2 is 1.45 bits per heavy atom. The first-order valence-electron chi connectivity index (χ1n) is 11.5. The second-order valence-corrected chi connectivity index (χ2v) is 10.4. The summed E-state index contributed by atoms with van der Waals surface area (Å²) in [6, 6.07) is 18.8. The third-order valence-electron chi connectivity index (χ3n) is 7.71. The second kappa shape index (κ2) is 8.22. The smallest absolute Gasteiger partial charge is 0.255 e. The van der Waals surface area contributed by atoms with Gasteiger partial charge >= 0.3 is 0 Å². The molecule has 0 bridgehead atoms. The summed E-state index contributed by atoms with van der Waals surface area (Å²) >= 11 is 0. The molecule has 0 aliphatic heterocycles. The molecule has 33 heavy (non-hydrogen) atoms. The van der Waals surface area contributed by atoms with Crippen molar-refractivity contribution in [2.45, 2.75) is 52.4 Å². The number of benzene rings is 3. The average molecular weight is 440 g/mol. The number of carbonyl (C=O) groups excluding carboxylic acids is 1. The zero-order valence-corrected chi connectivity index (χ0v) is 20.4. The first kappa shape index (κ1) is 22.8. The number of hydrogen-bond donors (Lipinski definition) is 2. The topological polar surface area (TPSA) is 49.3 Å². The van der Waals surface area contributed by atoms with Gasteiger partial charge in [-0.25, -0.2) is 0 Å². The van der Waals surface area contributed by atoms with Gasteiger partial charge in [0, 0.05) is 11.3 Å². The van der Waals surface area contributed by atoms with Crippen molar-refractivity contribution in [3.63, 3.8) is 0 Å². The lowest BCUT2D eigenvalue weighted by atomic mass is 9.71. The van der Waals surface area contributed by atoms with Crippen LogP contribution in [0.15, 0.2) is 60.7 Å². The second-order valence-electron chi connectivity index (χ2n) is 10.4. The number of amides is 1. The molecule has 1 aliphatic rings. The van der Waals surface area contributed by atoms with Crippen LogP contribution in [-0.2, 0) is 10.8 Å². The third-order valence-corrected chi connectivity index (χ3v) is 7.71. The quantitative estimate of drug-likeness (QED) is 0.330. The van der Waals surface area contributed by atoms with Gasteiger partial charge in [0.15, 0.2) is 0 Å². The number of rotatable bonds is 4. The molecular weight excluding hydrogens is 406 g/mol. The van der Waals surface area contributed by atoms with E-state index in [4.69, 9.17) is 0 Å². The van der Waals surface area contributed by atoms with E-state index in [-0.39, 0.29) is 22.5 Å². The maximum atomic E-state index is 12.5. The Bertz CT molecular complexity index is 1220. The predicted octanol–water partition coefficient (Wildman–Crippen LogP) is 7.33. The first-order chi connectivity index (χ1) is 15.5. The summed E-state index contributed by atoms with van der Waals surface area (Å²) in [6.07, 6.45) is 4.28. The molecule has 170 valence electrons. The average Bonchev–Trinajstić information content (AvgIpc) is 2.91. The molecule has 3 heteroatoms. The molecule has 0 heterocycles. The number of carbonyl (C=O) groups is 1. The van der Waals surface area contributed by atoms with Crippen molar-refractivity contribution in [2.75, 3.05) is 5.32 Å². The van der Waals surface area contributed by atoms with Crippen molar-refractivity contribution in [2.24, 2.45) is 5.92 Å². The normalized spacial score (nSPS) is 18.3. The Morgan fingerprint density at radius 1 is 0.879 bits per heavy atom. The summed E-state index contributed by atoms with van der Waals surface area (Å²) < 4.78 is 0. The van der Waals surface area contributed by atoms with Gasteiger partial charge in [0.25, 0.3) is 5.91 Å². The lowest BCUT2D eigenvalue weighted by Gasteiger charge is -2.32. The minimum Gasteiger partial charge on any atom is -0.508 e. The number of phenols is 1. The number of aromatic hydroxyl groups is 1. The predicted molar refractivity (Wildman–Crippen MR) is 138 cm³/mol. The summed E-state index contributed by atoms with van der Waals surface area (Å²) in [5, 5.41) is 12.2. The molecule has 0 saturated carbocycles. The molecular formula is C30H33NO2. The lowest BCUT2D eigenvalue weighted by Crippen LogP contribution is -2.30. The van der Waals surface area contributed by atoms with Crippen LogP contribution in [0.3, 0.4) is 0 Å². The molecule has 1 unspecified atom stereocenters. The van der Waals surface area contributed by atoms with Crippen molar-refractivity contribution < 1.29 is 9.90 Å². The molecule has 1 amide bonds. The molecule has 2 N–H and O–H groups in total. The number of phenolic OH excluding ortho intramolecular Hbond substituents is 1. The van der Waals surface area contributed by atoms with Crippen molar-refractivity contribution in [3.8, 4) is 5.75 Å². The number of fused-ring (bicyclic) bond motifs is 1. The first-order valence-corrected chi connectivity index (χ1v) is 11.5. The SMILES string of the molecule is Cc1cc2c(cc1C=Cc1ccc(C(=O)Nc3ccc(O)cc3)cc1)C(C)(C)C(C)C2(C)C. The summed E-state index contributed by atoms with van der Waals surface area (Å²) in [4.78, 5) is 12.5. The summed E-state index contributed by atoms with van der Waals surface area (Å²) in [5.41, 5.74) is 8.04. The fourth-order valence-electron chi connectivity index (χ4n) is 5.02. The minimum atomic E-state index is -0.176. The highest BCUT2D eigenvalue weighted by Crippen LogP contribution is 2.54. The van der Waals surface area contributed by atoms with E-state index in [0.29, 0.717) is 17.2 Å². The van der Waals surface area contributed by atoms with Crippen molar-refractivity contribution in [3.05, 3.63) is 94.0 Å². The maximum absolute atomic E-state index is 12.5. The molecule has 0 spiro atoms. The number of aryl methyl sites for hydroxylation is 1. The third kappa shape index (κ3) is 4.20. The monoisotopic (exact) mass is 439 g/mol. The van der Waals surface area contributed by atoms with Crippen molar-refractivity contribution in [1.82, 2.24) is 0 Å². The van der Waals surface area contributed by atoms with Gasteiger partial charge in [0.2, 0.25) is 0 Å². The fraction of sp³-hybridized carbons (Fsp3) is 0.300. The van der Waals surface area contributed by atoms with Crippen molar-refractivity contribution >= 4 is 23.7 Å². The van der Waals surface area contributed by atoms with Crippen LogP contribution in [0.25, 0.3) is 12.2 Å². The molecule has 0 saturated heterocycles. The van der Waals surface area contributed by atoms with Crippen LogP contribution in [-0.4, -0.2) is 11.0 Å². The largest absolute Gasteiger partial charge is 0.508 e. The number of anilines is 1. The standard InChI is InChI=1S/C30H33NO2/c1-19-17-26-27(30(5,6)20(2)29(26,3)4)18-23(19)12-9-21-7-10-22(11-8-21)28(33)31-24-13-15-25(32)16-14-24/h7-18,20,32H,1-6H3,(H,31,33). The highest BCUT2D eigenvalue weighted by Gasteiger charge is 2.48. The van der Waals surface area contributed by atoms with Gasteiger partial charge in [-0.3, -0.25) is 4.79 Å². The van der Waals surface area contributed by atoms with E-state index in [9.17, 15) is 9.90 Å². The van der Waals surface area contributed by atoms with E-state index in [2.05, 4.69) is 71.1 Å². The number of hydrogen-bond acceptors (Lipinski definition) is 2. The Hall–Kier alpha value is -3.33. The summed E-state index contributed by atoms with van der Waals surface area (Å²) in [7, 11) is 0. The summed E-state index contributed by atoms with van der Waals surface area (Å²) in [5.74, 6) is 0.563. The van der Waals surface area contributed by atoms with Gasteiger partial charge in [-0.15, -0.1) is 0 Å². The van der Waals surface area contributed by atoms with Gasteiger partial charge in [0.1, 0.15) is 5.75 Å². The van der Waals surface area contributed by atoms with Crippen LogP contribution in [0.2, 0.25) is 0 Å². The van der Waals surface area contributed by atoms with Crippen LogP contribution in [0, 0.1) is 12.8 Å². The van der Waals surface area contributed by atoms with E-state index in [1.807, 2.05) is 24.3 Å². The number of nitrogens with one attached hydrogen (secondary N) is 1. The van der Waals surface area contributed by atoms with Crippen LogP contribution >= 0.6 is 0 Å². The highest BCUT2D eigenvalue weighted by molar-refractivity contribution is 6.04. The Kier molecular flexibility index (Phi) is 5.69. The van der Waals surface area contributed by atoms with Gasteiger partial charge in [-0.1, -0.05) is 71.0 Å². The maximum Gasteiger partial charge on any atom is 0.255 e. The van der Waals surface area contributed by atoms with Crippen LogP contribution in [0.5, 0.6) is 5.75 Å². The Morgan fingerprint density at radius 3 is 2.06 bits per heavy atom. The van der Waals surface area contributed by atoms with Crippen LogP contribution in [0.1, 0.15) is 72.8 Å². The van der Waals surface area contributed by atoms with Crippen LogP contribution in [0.4, 0.5) is 5.69 Å². The minimum absolute atomic E-state index is 0.141. The molecule has 0 aromatic heterocycles. The molecule has 3 aromatic carbocycles. The zero-order valence-electron chi connectivity index (χ0n) is 20.4. The van der Waals surface area contributed by atoms with Crippen LogP contribution < -0.4 is 5.32 Å².